The number of methoxy groups -OCH3 is 1. The summed E-state index contributed by atoms with van der Waals surface area (Å²) >= 11 is 1.74. The highest BCUT2D eigenvalue weighted by Crippen LogP contribution is 2.30. The van der Waals surface area contributed by atoms with E-state index < -0.39 is 11.9 Å². The van der Waals surface area contributed by atoms with Gasteiger partial charge in [0, 0.05) is 56.3 Å². The second-order valence-corrected chi connectivity index (χ2v) is 9.45. The molecule has 0 aromatic carbocycles. The van der Waals surface area contributed by atoms with Crippen molar-refractivity contribution in [2.75, 3.05) is 45.6 Å². The fourth-order valence-electron chi connectivity index (χ4n) is 4.27. The second-order valence-electron chi connectivity index (χ2n) is 8.39. The molecule has 5 heterocycles. The summed E-state index contributed by atoms with van der Waals surface area (Å²) < 4.78 is 25.8. The van der Waals surface area contributed by atoms with E-state index in [1.165, 1.54) is 7.11 Å². The van der Waals surface area contributed by atoms with Crippen LogP contribution in [0.2, 0.25) is 0 Å². The monoisotopic (exact) mass is 498 g/mol. The lowest BCUT2D eigenvalue weighted by Gasteiger charge is -2.34. The van der Waals surface area contributed by atoms with Gasteiger partial charge in [0.2, 0.25) is 5.88 Å². The Hall–Kier alpha value is -2.70. The molecule has 1 saturated heterocycles. The summed E-state index contributed by atoms with van der Waals surface area (Å²) in [6.45, 7) is 3.30. The summed E-state index contributed by atoms with van der Waals surface area (Å²) in [5, 5.41) is 14.4. The van der Waals surface area contributed by atoms with Crippen LogP contribution in [0.1, 0.15) is 17.4 Å². The van der Waals surface area contributed by atoms with Gasteiger partial charge in [-0.25, -0.2) is 19.4 Å². The predicted octanol–water partition coefficient (Wildman–Crippen LogP) is 2.50. The van der Waals surface area contributed by atoms with E-state index in [0.29, 0.717) is 49.7 Å². The molecule has 0 saturated carbocycles. The van der Waals surface area contributed by atoms with E-state index in [9.17, 15) is 9.50 Å². The first-order chi connectivity index (χ1) is 17.1. The van der Waals surface area contributed by atoms with Crippen LogP contribution in [0.5, 0.6) is 5.88 Å². The number of halogens is 1. The smallest absolute Gasteiger partial charge is 0.213 e. The molecule has 2 aliphatic heterocycles. The number of hydrogen-bond acceptors (Lipinski definition) is 10. The van der Waals surface area contributed by atoms with Gasteiger partial charge in [-0.05, 0) is 18.2 Å². The third kappa shape index (κ3) is 5.60. The summed E-state index contributed by atoms with van der Waals surface area (Å²) in [5.41, 5.74) is 1.87. The zero-order valence-electron chi connectivity index (χ0n) is 19.4. The van der Waals surface area contributed by atoms with Crippen LogP contribution in [0.3, 0.4) is 0 Å². The lowest BCUT2D eigenvalue weighted by atomic mass is 10.1. The standard InChI is InChI=1S/C24H27FN6O3S/c1-33-21-5-3-18-23(30-21)22(17(25)12-28-18)19(32)14-31-7-8-34-16(13-31)11-26-10-15-2-4-20-24(29-15)27-6-9-35-20/h2-6,12,16,19,26,32H,7-11,13-14H2,1H3/t16-,19?/m1/s1. The number of aliphatic hydroxyl groups excluding tert-OH is 1. The summed E-state index contributed by atoms with van der Waals surface area (Å²) in [7, 11) is 1.49. The number of β-amino-alcohol motifs (C(OH)–C–C–N with tert-alkyl or cyclic N) is 1. The van der Waals surface area contributed by atoms with Crippen molar-refractivity contribution in [2.24, 2.45) is 4.99 Å². The number of fused-ring (bicyclic) bond motifs is 2. The second kappa shape index (κ2) is 10.9. The Morgan fingerprint density at radius 3 is 3.11 bits per heavy atom. The van der Waals surface area contributed by atoms with E-state index >= 15 is 0 Å². The molecular weight excluding hydrogens is 471 g/mol. The minimum Gasteiger partial charge on any atom is -0.481 e. The van der Waals surface area contributed by atoms with Gasteiger partial charge in [0.15, 0.2) is 5.82 Å². The number of rotatable bonds is 8. The van der Waals surface area contributed by atoms with E-state index in [0.717, 1.165) is 28.4 Å². The van der Waals surface area contributed by atoms with Crippen LogP contribution in [0.25, 0.3) is 11.0 Å². The fourth-order valence-corrected chi connectivity index (χ4v) is 4.99. The van der Waals surface area contributed by atoms with Gasteiger partial charge in [0.05, 0.1) is 48.2 Å². The number of aliphatic imine (C=N–C) groups is 1. The molecule has 11 heteroatoms. The largest absolute Gasteiger partial charge is 0.481 e. The molecule has 3 aromatic heterocycles. The highest BCUT2D eigenvalue weighted by Gasteiger charge is 2.26. The zero-order valence-corrected chi connectivity index (χ0v) is 20.2. The Bertz CT molecular complexity index is 1230. The minimum absolute atomic E-state index is 0.0561. The molecule has 2 atom stereocenters. The lowest BCUT2D eigenvalue weighted by Crippen LogP contribution is -2.47. The molecule has 184 valence electrons. The molecule has 0 aliphatic carbocycles. The normalized spacial score (nSPS) is 19.0. The first kappa shape index (κ1) is 24.0. The molecule has 0 spiro atoms. The van der Waals surface area contributed by atoms with E-state index in [1.807, 2.05) is 12.3 Å². The molecule has 35 heavy (non-hydrogen) atoms. The van der Waals surface area contributed by atoms with Crippen LogP contribution in [0.4, 0.5) is 10.2 Å². The zero-order chi connectivity index (χ0) is 24.2. The van der Waals surface area contributed by atoms with Crippen LogP contribution >= 0.6 is 11.8 Å². The third-order valence-electron chi connectivity index (χ3n) is 5.98. The molecule has 2 N–H and O–H groups in total. The van der Waals surface area contributed by atoms with E-state index in [1.54, 1.807) is 23.9 Å². The molecule has 2 aliphatic rings. The van der Waals surface area contributed by atoms with Gasteiger partial charge in [0.1, 0.15) is 11.3 Å². The highest BCUT2D eigenvalue weighted by molar-refractivity contribution is 8.00. The van der Waals surface area contributed by atoms with Gasteiger partial charge in [-0.3, -0.25) is 9.88 Å². The number of thioether (sulfide) groups is 1. The summed E-state index contributed by atoms with van der Waals surface area (Å²) in [5.74, 6) is 1.41. The number of morpholine rings is 1. The van der Waals surface area contributed by atoms with Crippen molar-refractivity contribution < 1.29 is 19.0 Å². The van der Waals surface area contributed by atoms with Crippen LogP contribution in [0, 0.1) is 5.82 Å². The van der Waals surface area contributed by atoms with Gasteiger partial charge in [-0.1, -0.05) is 0 Å². The number of ether oxygens (including phenoxy) is 2. The maximum absolute atomic E-state index is 14.7. The Morgan fingerprint density at radius 1 is 1.31 bits per heavy atom. The molecule has 9 nitrogen and oxygen atoms in total. The average Bonchev–Trinajstić information content (AvgIpc) is 2.88. The average molecular weight is 499 g/mol. The van der Waals surface area contributed by atoms with Crippen LogP contribution in [0.15, 0.2) is 40.4 Å². The molecule has 5 rings (SSSR count). The molecule has 0 bridgehead atoms. The van der Waals surface area contributed by atoms with Gasteiger partial charge in [-0.2, -0.15) is 0 Å². The van der Waals surface area contributed by atoms with E-state index in [2.05, 4.69) is 36.2 Å². The minimum atomic E-state index is -1.06. The van der Waals surface area contributed by atoms with Crippen molar-refractivity contribution in [3.8, 4) is 5.88 Å². The van der Waals surface area contributed by atoms with Gasteiger partial charge in [0.25, 0.3) is 0 Å². The van der Waals surface area contributed by atoms with Crippen molar-refractivity contribution in [1.82, 2.24) is 25.2 Å². The van der Waals surface area contributed by atoms with E-state index in [-0.39, 0.29) is 18.2 Å². The SMILES string of the molecule is COc1ccc2ncc(F)c(C(O)CN3CCO[C@H](CNCc4ccc5c(n4)N=CCS5)C3)c2n1. The molecule has 3 aromatic rings. The molecule has 0 radical (unpaired) electrons. The van der Waals surface area contributed by atoms with Crippen LogP contribution < -0.4 is 10.1 Å². The third-order valence-corrected chi connectivity index (χ3v) is 6.92. The number of nitrogens with zero attached hydrogens (tertiary/aromatic N) is 5. The first-order valence-electron chi connectivity index (χ1n) is 11.5. The van der Waals surface area contributed by atoms with Gasteiger partial charge < -0.3 is 19.9 Å². The Balaban J connectivity index is 1.18. The first-order valence-corrected chi connectivity index (χ1v) is 12.5. The molecule has 0 amide bonds. The van der Waals surface area contributed by atoms with Crippen molar-refractivity contribution in [3.05, 3.63) is 47.5 Å². The quantitative estimate of drug-likeness (QED) is 0.485. The van der Waals surface area contributed by atoms with E-state index in [4.69, 9.17) is 9.47 Å². The van der Waals surface area contributed by atoms with Crippen LogP contribution in [-0.4, -0.2) is 82.9 Å². The fraction of sp³-hybridized carbons (Fsp3) is 0.417. The molecule has 1 unspecified atom stereocenters. The van der Waals surface area contributed by atoms with Crippen molar-refractivity contribution >= 4 is 34.8 Å². The topological polar surface area (TPSA) is 105 Å². The Morgan fingerprint density at radius 2 is 2.23 bits per heavy atom. The van der Waals surface area contributed by atoms with Crippen LogP contribution in [-0.2, 0) is 11.3 Å². The number of pyridine rings is 3. The molecule has 1 fully saturated rings. The summed E-state index contributed by atoms with van der Waals surface area (Å²) in [4.78, 5) is 20.6. The Labute approximate surface area is 206 Å². The number of aromatic nitrogens is 3. The van der Waals surface area contributed by atoms with Crippen molar-refractivity contribution in [1.29, 1.82) is 0 Å². The highest BCUT2D eigenvalue weighted by atomic mass is 32.2. The summed E-state index contributed by atoms with van der Waals surface area (Å²) in [6.07, 6.45) is 1.88. The maximum atomic E-state index is 14.7. The lowest BCUT2D eigenvalue weighted by molar-refractivity contribution is -0.0397. The van der Waals surface area contributed by atoms with Crippen molar-refractivity contribution in [2.45, 2.75) is 23.6 Å². The predicted molar refractivity (Wildman–Crippen MR) is 132 cm³/mol. The van der Waals surface area contributed by atoms with Crippen molar-refractivity contribution in [3.63, 3.8) is 0 Å². The Kier molecular flexibility index (Phi) is 7.49. The molecular formula is C24H27FN6O3S. The van der Waals surface area contributed by atoms with Gasteiger partial charge in [-0.15, -0.1) is 11.8 Å². The number of nitrogens with one attached hydrogen (secondary N) is 1. The summed E-state index contributed by atoms with van der Waals surface area (Å²) in [6, 6.07) is 7.44. The number of aliphatic hydroxyl groups is 1. The maximum Gasteiger partial charge on any atom is 0.213 e. The van der Waals surface area contributed by atoms with Gasteiger partial charge >= 0.3 is 0 Å². The number of hydrogen-bond donors (Lipinski definition) is 2.